The number of alkyl halides is 3. The number of carbonyl (C=O) groups is 1. The molecule has 1 fully saturated rings. The van der Waals surface area contributed by atoms with Gasteiger partial charge in [-0.25, -0.2) is 0 Å². The molecule has 2 heterocycles. The van der Waals surface area contributed by atoms with Gasteiger partial charge in [0, 0.05) is 24.3 Å². The van der Waals surface area contributed by atoms with Gasteiger partial charge in [0.2, 0.25) is 5.91 Å². The number of halogens is 3. The fourth-order valence-electron chi connectivity index (χ4n) is 3.97. The van der Waals surface area contributed by atoms with E-state index >= 15 is 0 Å². The second-order valence-corrected chi connectivity index (χ2v) is 7.23. The maximum absolute atomic E-state index is 13.1. The van der Waals surface area contributed by atoms with E-state index in [0.717, 1.165) is 44.0 Å². The Morgan fingerprint density at radius 2 is 2.12 bits per heavy atom. The minimum Gasteiger partial charge on any atom is -0.368 e. The standard InChI is InChI=1S/C19H25F3N2O/c1-3-12(2)23-18(25)15-11-13-10-14(19(20,21)22)7-8-16(13)24-9-5-4-6-17(15)24/h7-8,10,12,15,17H,3-6,9,11H2,1-2H3,(H,23,25). The van der Waals surface area contributed by atoms with Gasteiger partial charge in [0.25, 0.3) is 0 Å². The molecule has 1 saturated heterocycles. The molecule has 3 rings (SSSR count). The average molecular weight is 354 g/mol. The monoisotopic (exact) mass is 354 g/mol. The lowest BCUT2D eigenvalue weighted by Crippen LogP contribution is -2.54. The van der Waals surface area contributed by atoms with Gasteiger partial charge in [0.1, 0.15) is 0 Å². The third-order valence-electron chi connectivity index (χ3n) is 5.51. The Bertz CT molecular complexity index is 644. The van der Waals surface area contributed by atoms with Crippen molar-refractivity contribution in [1.29, 1.82) is 0 Å². The molecule has 3 nitrogen and oxygen atoms in total. The van der Waals surface area contributed by atoms with E-state index in [0.29, 0.717) is 12.0 Å². The smallest absolute Gasteiger partial charge is 0.368 e. The molecule has 1 amide bonds. The zero-order valence-corrected chi connectivity index (χ0v) is 14.7. The van der Waals surface area contributed by atoms with Crippen LogP contribution < -0.4 is 10.2 Å². The Labute approximate surface area is 146 Å². The summed E-state index contributed by atoms with van der Waals surface area (Å²) in [5, 5.41) is 3.02. The fraction of sp³-hybridized carbons (Fsp3) is 0.632. The van der Waals surface area contributed by atoms with Crippen molar-refractivity contribution in [1.82, 2.24) is 5.32 Å². The van der Waals surface area contributed by atoms with Crippen LogP contribution in [0.3, 0.4) is 0 Å². The summed E-state index contributed by atoms with van der Waals surface area (Å²) in [7, 11) is 0. The minimum atomic E-state index is -4.36. The molecule has 1 aromatic rings. The van der Waals surface area contributed by atoms with Gasteiger partial charge in [0.15, 0.2) is 0 Å². The first-order chi connectivity index (χ1) is 11.8. The van der Waals surface area contributed by atoms with Crippen LogP contribution in [0.15, 0.2) is 18.2 Å². The van der Waals surface area contributed by atoms with Gasteiger partial charge in [-0.2, -0.15) is 13.2 Å². The van der Waals surface area contributed by atoms with E-state index in [1.165, 1.54) is 6.07 Å². The molecule has 2 aliphatic heterocycles. The van der Waals surface area contributed by atoms with E-state index < -0.39 is 11.7 Å². The number of piperidine rings is 1. The van der Waals surface area contributed by atoms with Crippen LogP contribution in [0.1, 0.15) is 50.7 Å². The SMILES string of the molecule is CCC(C)NC(=O)C1Cc2cc(C(F)(F)F)ccc2N2CCCCC12. The number of fused-ring (bicyclic) bond motifs is 3. The highest BCUT2D eigenvalue weighted by Gasteiger charge is 2.41. The Morgan fingerprint density at radius 3 is 2.80 bits per heavy atom. The van der Waals surface area contributed by atoms with E-state index in [1.807, 2.05) is 13.8 Å². The molecular weight excluding hydrogens is 329 g/mol. The quantitative estimate of drug-likeness (QED) is 0.884. The molecule has 0 bridgehead atoms. The zero-order chi connectivity index (χ0) is 18.2. The summed E-state index contributed by atoms with van der Waals surface area (Å²) in [6.45, 7) is 4.76. The van der Waals surface area contributed by atoms with E-state index in [2.05, 4.69) is 10.2 Å². The van der Waals surface area contributed by atoms with Crippen LogP contribution in [-0.2, 0) is 17.4 Å². The maximum Gasteiger partial charge on any atom is 0.416 e. The number of carbonyl (C=O) groups excluding carboxylic acids is 1. The largest absolute Gasteiger partial charge is 0.416 e. The van der Waals surface area contributed by atoms with E-state index in [1.54, 1.807) is 6.07 Å². The topological polar surface area (TPSA) is 32.3 Å². The molecular formula is C19H25F3N2O. The lowest BCUT2D eigenvalue weighted by molar-refractivity contribution is -0.137. The Morgan fingerprint density at radius 1 is 1.36 bits per heavy atom. The summed E-state index contributed by atoms with van der Waals surface area (Å²) >= 11 is 0. The molecule has 3 atom stereocenters. The predicted octanol–water partition coefficient (Wildman–Crippen LogP) is 4.15. The number of nitrogens with one attached hydrogen (secondary N) is 1. The zero-order valence-electron chi connectivity index (χ0n) is 14.7. The van der Waals surface area contributed by atoms with Gasteiger partial charge < -0.3 is 10.2 Å². The highest BCUT2D eigenvalue weighted by molar-refractivity contribution is 5.82. The van der Waals surface area contributed by atoms with E-state index in [4.69, 9.17) is 0 Å². The van der Waals surface area contributed by atoms with Crippen molar-refractivity contribution in [3.63, 3.8) is 0 Å². The van der Waals surface area contributed by atoms with Crippen LogP contribution in [0.25, 0.3) is 0 Å². The highest BCUT2D eigenvalue weighted by Crippen LogP contribution is 2.41. The molecule has 0 spiro atoms. The van der Waals surface area contributed by atoms with Crippen LogP contribution >= 0.6 is 0 Å². The normalized spacial score (nSPS) is 24.3. The van der Waals surface area contributed by atoms with Crippen molar-refractivity contribution < 1.29 is 18.0 Å². The molecule has 0 aliphatic carbocycles. The maximum atomic E-state index is 13.1. The number of benzene rings is 1. The van der Waals surface area contributed by atoms with Crippen molar-refractivity contribution >= 4 is 11.6 Å². The summed E-state index contributed by atoms with van der Waals surface area (Å²) in [4.78, 5) is 14.9. The molecule has 25 heavy (non-hydrogen) atoms. The first-order valence-electron chi connectivity index (χ1n) is 9.08. The first-order valence-corrected chi connectivity index (χ1v) is 9.08. The summed E-state index contributed by atoms with van der Waals surface area (Å²) in [5.41, 5.74) is 0.866. The van der Waals surface area contributed by atoms with Gasteiger partial charge in [-0.3, -0.25) is 4.79 Å². The van der Waals surface area contributed by atoms with E-state index in [-0.39, 0.29) is 23.9 Å². The van der Waals surface area contributed by atoms with Crippen LogP contribution in [0.4, 0.5) is 18.9 Å². The second-order valence-electron chi connectivity index (χ2n) is 7.23. The average Bonchev–Trinajstić information content (AvgIpc) is 2.59. The van der Waals surface area contributed by atoms with Gasteiger partial charge in [0.05, 0.1) is 11.5 Å². The molecule has 138 valence electrons. The number of amides is 1. The molecule has 2 aliphatic rings. The fourth-order valence-corrected chi connectivity index (χ4v) is 3.97. The summed E-state index contributed by atoms with van der Waals surface area (Å²) in [6, 6.07) is 4.13. The van der Waals surface area contributed by atoms with Crippen LogP contribution in [0.2, 0.25) is 0 Å². The highest BCUT2D eigenvalue weighted by atomic mass is 19.4. The third kappa shape index (κ3) is 3.62. The number of hydrogen-bond donors (Lipinski definition) is 1. The molecule has 0 saturated carbocycles. The molecule has 1 N–H and O–H groups in total. The van der Waals surface area contributed by atoms with Gasteiger partial charge in [-0.05, 0) is 62.8 Å². The van der Waals surface area contributed by atoms with Crippen LogP contribution in [-0.4, -0.2) is 24.5 Å². The van der Waals surface area contributed by atoms with Crippen LogP contribution in [0, 0.1) is 5.92 Å². The molecule has 6 heteroatoms. The number of hydrogen-bond acceptors (Lipinski definition) is 2. The number of anilines is 1. The molecule has 3 unspecified atom stereocenters. The Balaban J connectivity index is 1.94. The molecule has 0 radical (unpaired) electrons. The van der Waals surface area contributed by atoms with Crippen molar-refractivity contribution in [2.75, 3.05) is 11.4 Å². The molecule has 1 aromatic carbocycles. The Hall–Kier alpha value is -1.72. The molecule has 0 aromatic heterocycles. The van der Waals surface area contributed by atoms with Crippen molar-refractivity contribution in [3.05, 3.63) is 29.3 Å². The predicted molar refractivity (Wildman–Crippen MR) is 91.5 cm³/mol. The summed E-state index contributed by atoms with van der Waals surface area (Å²) in [6.07, 6.45) is -0.160. The van der Waals surface area contributed by atoms with Gasteiger partial charge >= 0.3 is 6.18 Å². The second kappa shape index (κ2) is 6.89. The van der Waals surface area contributed by atoms with E-state index in [9.17, 15) is 18.0 Å². The summed E-state index contributed by atoms with van der Waals surface area (Å²) in [5.74, 6) is -0.320. The first kappa shape index (κ1) is 18.1. The minimum absolute atomic E-state index is 0.0330. The lowest BCUT2D eigenvalue weighted by Gasteiger charge is -2.46. The van der Waals surface area contributed by atoms with Gasteiger partial charge in [-0.15, -0.1) is 0 Å². The van der Waals surface area contributed by atoms with Crippen molar-refractivity contribution in [3.8, 4) is 0 Å². The third-order valence-corrected chi connectivity index (χ3v) is 5.51. The lowest BCUT2D eigenvalue weighted by atomic mass is 9.80. The van der Waals surface area contributed by atoms with Crippen molar-refractivity contribution in [2.24, 2.45) is 5.92 Å². The van der Waals surface area contributed by atoms with Gasteiger partial charge in [-0.1, -0.05) is 6.92 Å². The number of rotatable bonds is 3. The Kier molecular flexibility index (Phi) is 4.98. The summed E-state index contributed by atoms with van der Waals surface area (Å²) < 4.78 is 39.2. The van der Waals surface area contributed by atoms with Crippen molar-refractivity contribution in [2.45, 2.75) is 64.2 Å². The number of nitrogens with zero attached hydrogens (tertiary/aromatic N) is 1. The van der Waals surface area contributed by atoms with Crippen LogP contribution in [0.5, 0.6) is 0 Å².